The summed E-state index contributed by atoms with van der Waals surface area (Å²) in [7, 11) is 0. The quantitative estimate of drug-likeness (QED) is 0.742. The second-order valence-corrected chi connectivity index (χ2v) is 9.40. The number of nitrogens with zero attached hydrogens (tertiary/aromatic N) is 4. The molecule has 27 heavy (non-hydrogen) atoms. The number of hydrogen-bond donors (Lipinski definition) is 1. The highest BCUT2D eigenvalue weighted by Gasteiger charge is 2.26. The van der Waals surface area contributed by atoms with Crippen molar-refractivity contribution < 1.29 is 4.79 Å². The van der Waals surface area contributed by atoms with E-state index in [4.69, 9.17) is 0 Å². The largest absolute Gasteiger partial charge is 0.339 e. The van der Waals surface area contributed by atoms with Crippen LogP contribution in [0.3, 0.4) is 0 Å². The Hall–Kier alpha value is -1.64. The third kappa shape index (κ3) is 5.21. The number of anilines is 2. The smallest absolute Gasteiger partial charge is 0.235 e. The van der Waals surface area contributed by atoms with Gasteiger partial charge in [0.2, 0.25) is 11.0 Å². The Bertz CT molecular complexity index is 786. The molecular formula is C19H27N5OS2. The Morgan fingerprint density at radius 2 is 2.00 bits per heavy atom. The molecule has 1 aliphatic heterocycles. The van der Waals surface area contributed by atoms with Crippen LogP contribution in [0, 0.1) is 13.8 Å². The molecule has 1 saturated heterocycles. The molecule has 1 fully saturated rings. The van der Waals surface area contributed by atoms with Crippen molar-refractivity contribution in [3.8, 4) is 0 Å². The van der Waals surface area contributed by atoms with Gasteiger partial charge in [-0.15, -0.1) is 10.2 Å². The summed E-state index contributed by atoms with van der Waals surface area (Å²) in [5.41, 5.74) is 3.44. The highest BCUT2D eigenvalue weighted by Crippen LogP contribution is 2.32. The normalized spacial score (nSPS) is 16.4. The zero-order valence-corrected chi connectivity index (χ0v) is 18.0. The van der Waals surface area contributed by atoms with Crippen LogP contribution in [-0.2, 0) is 4.79 Å². The molecule has 6 nitrogen and oxygen atoms in total. The topological polar surface area (TPSA) is 61.4 Å². The van der Waals surface area contributed by atoms with Crippen LogP contribution in [0.2, 0.25) is 0 Å². The van der Waals surface area contributed by atoms with Crippen molar-refractivity contribution in [2.45, 2.75) is 37.3 Å². The average Bonchev–Trinajstić information content (AvgIpc) is 3.10. The maximum Gasteiger partial charge on any atom is 0.235 e. The van der Waals surface area contributed by atoms with Crippen LogP contribution in [-0.4, -0.2) is 63.9 Å². The summed E-state index contributed by atoms with van der Waals surface area (Å²) < 4.78 is 0.815. The number of thioether (sulfide) groups is 1. The number of amides is 1. The lowest BCUT2D eigenvalue weighted by Crippen LogP contribution is -2.50. The zero-order valence-electron chi connectivity index (χ0n) is 16.4. The third-order valence-corrected chi connectivity index (χ3v) is 6.80. The molecule has 1 atom stereocenters. The number of hydrogen-bond acceptors (Lipinski definition) is 7. The van der Waals surface area contributed by atoms with E-state index in [1.165, 1.54) is 34.2 Å². The van der Waals surface area contributed by atoms with Gasteiger partial charge in [-0.25, -0.2) is 0 Å². The molecule has 146 valence electrons. The number of benzene rings is 1. The van der Waals surface area contributed by atoms with E-state index in [-0.39, 0.29) is 11.2 Å². The molecule has 0 aliphatic carbocycles. The lowest BCUT2D eigenvalue weighted by Gasteiger charge is -2.35. The Balaban J connectivity index is 1.56. The van der Waals surface area contributed by atoms with Crippen LogP contribution < -0.4 is 5.32 Å². The fraction of sp³-hybridized carbons (Fsp3) is 0.526. The maximum atomic E-state index is 12.7. The van der Waals surface area contributed by atoms with Crippen molar-refractivity contribution in [2.75, 3.05) is 38.0 Å². The van der Waals surface area contributed by atoms with E-state index in [1.807, 2.05) is 11.8 Å². The van der Waals surface area contributed by atoms with Crippen molar-refractivity contribution in [1.82, 2.24) is 20.0 Å². The van der Waals surface area contributed by atoms with Crippen LogP contribution in [0.5, 0.6) is 0 Å². The third-order valence-electron chi connectivity index (χ3n) is 4.79. The average molecular weight is 406 g/mol. The molecule has 1 aromatic carbocycles. The number of aryl methyl sites for hydroxylation is 2. The minimum atomic E-state index is -0.153. The lowest BCUT2D eigenvalue weighted by atomic mass is 10.1. The molecule has 1 N–H and O–H groups in total. The van der Waals surface area contributed by atoms with E-state index in [9.17, 15) is 4.79 Å². The number of carbonyl (C=O) groups excluding carboxylic acids is 1. The number of piperazine rings is 1. The van der Waals surface area contributed by atoms with E-state index in [0.29, 0.717) is 0 Å². The van der Waals surface area contributed by atoms with Crippen LogP contribution in [0.15, 0.2) is 22.5 Å². The number of nitrogens with one attached hydrogen (secondary N) is 1. The summed E-state index contributed by atoms with van der Waals surface area (Å²) in [6, 6.07) is 6.27. The molecular weight excluding hydrogens is 378 g/mol. The summed E-state index contributed by atoms with van der Waals surface area (Å²) in [6.07, 6.45) is 0. The molecule has 1 aromatic heterocycles. The maximum absolute atomic E-state index is 12.7. The number of aromatic nitrogens is 2. The molecule has 0 unspecified atom stereocenters. The molecule has 0 radical (unpaired) electrons. The number of rotatable bonds is 6. The predicted molar refractivity (Wildman–Crippen MR) is 113 cm³/mol. The van der Waals surface area contributed by atoms with Crippen LogP contribution in [0.4, 0.5) is 10.8 Å². The first-order chi connectivity index (χ1) is 13.0. The molecule has 0 bridgehead atoms. The van der Waals surface area contributed by atoms with Gasteiger partial charge in [-0.2, -0.15) is 0 Å². The van der Waals surface area contributed by atoms with Gasteiger partial charge in [0.15, 0.2) is 4.34 Å². The van der Waals surface area contributed by atoms with Crippen molar-refractivity contribution in [3.05, 3.63) is 29.3 Å². The van der Waals surface area contributed by atoms with E-state index in [0.717, 1.165) is 47.9 Å². The lowest BCUT2D eigenvalue weighted by molar-refractivity contribution is -0.132. The first kappa shape index (κ1) is 20.1. The summed E-state index contributed by atoms with van der Waals surface area (Å²) >= 11 is 2.98. The van der Waals surface area contributed by atoms with Crippen molar-refractivity contribution in [3.63, 3.8) is 0 Å². The molecule has 2 heterocycles. The highest BCUT2D eigenvalue weighted by atomic mass is 32.2. The minimum absolute atomic E-state index is 0.153. The van der Waals surface area contributed by atoms with Gasteiger partial charge in [0.1, 0.15) is 0 Å². The SMILES string of the molecule is CCN1CCN(C(=O)[C@@H](C)Sc2nnc(Nc3ccc(C)cc3C)s2)CC1. The monoisotopic (exact) mass is 405 g/mol. The van der Waals surface area contributed by atoms with Crippen LogP contribution >= 0.6 is 23.1 Å². The molecule has 3 rings (SSSR count). The fourth-order valence-electron chi connectivity index (χ4n) is 3.12. The Morgan fingerprint density at radius 3 is 2.67 bits per heavy atom. The van der Waals surface area contributed by atoms with E-state index in [2.05, 4.69) is 59.4 Å². The van der Waals surface area contributed by atoms with Crippen molar-refractivity contribution in [2.24, 2.45) is 0 Å². The van der Waals surface area contributed by atoms with Crippen LogP contribution in [0.25, 0.3) is 0 Å². The van der Waals surface area contributed by atoms with Gasteiger partial charge in [-0.05, 0) is 38.9 Å². The first-order valence-corrected chi connectivity index (χ1v) is 11.0. The molecule has 0 spiro atoms. The van der Waals surface area contributed by atoms with E-state index >= 15 is 0 Å². The van der Waals surface area contributed by atoms with Gasteiger partial charge in [0.05, 0.1) is 5.25 Å². The first-order valence-electron chi connectivity index (χ1n) is 9.32. The molecule has 1 amide bonds. The van der Waals surface area contributed by atoms with E-state index < -0.39 is 0 Å². The van der Waals surface area contributed by atoms with Crippen LogP contribution in [0.1, 0.15) is 25.0 Å². The fourth-order valence-corrected chi connectivity index (χ4v) is 5.11. The van der Waals surface area contributed by atoms with Crippen molar-refractivity contribution >= 4 is 39.8 Å². The predicted octanol–water partition coefficient (Wildman–Crippen LogP) is 3.54. The van der Waals surface area contributed by atoms with Gasteiger partial charge in [0.25, 0.3) is 0 Å². The Kier molecular flexibility index (Phi) is 6.73. The second-order valence-electron chi connectivity index (χ2n) is 6.84. The minimum Gasteiger partial charge on any atom is -0.339 e. The molecule has 1 aliphatic rings. The number of carbonyl (C=O) groups is 1. The standard InChI is InChI=1S/C19H27N5OS2/c1-5-23-8-10-24(11-9-23)17(25)15(4)26-19-22-21-18(27-19)20-16-7-6-13(2)12-14(16)3/h6-7,12,15H,5,8-11H2,1-4H3,(H,20,21)/t15-/m1/s1. The van der Waals surface area contributed by atoms with Gasteiger partial charge < -0.3 is 15.1 Å². The van der Waals surface area contributed by atoms with Crippen molar-refractivity contribution in [1.29, 1.82) is 0 Å². The summed E-state index contributed by atoms with van der Waals surface area (Å²) in [5.74, 6) is 0.190. The summed E-state index contributed by atoms with van der Waals surface area (Å²) in [4.78, 5) is 17.0. The van der Waals surface area contributed by atoms with Gasteiger partial charge in [-0.1, -0.05) is 47.7 Å². The van der Waals surface area contributed by atoms with Gasteiger partial charge >= 0.3 is 0 Å². The second kappa shape index (κ2) is 9.03. The van der Waals surface area contributed by atoms with Gasteiger partial charge in [0, 0.05) is 31.9 Å². The molecule has 8 heteroatoms. The zero-order chi connectivity index (χ0) is 19.4. The van der Waals surface area contributed by atoms with E-state index in [1.54, 1.807) is 0 Å². The Morgan fingerprint density at radius 1 is 1.26 bits per heavy atom. The highest BCUT2D eigenvalue weighted by molar-refractivity contribution is 8.02. The summed E-state index contributed by atoms with van der Waals surface area (Å²) in [6.45, 7) is 12.9. The molecule has 0 saturated carbocycles. The number of likely N-dealkylation sites (N-methyl/N-ethyl adjacent to an activating group) is 1. The summed E-state index contributed by atoms with van der Waals surface area (Å²) in [5, 5.41) is 12.4. The van der Waals surface area contributed by atoms with Gasteiger partial charge in [-0.3, -0.25) is 4.79 Å². The Labute approximate surface area is 169 Å². The molecule has 2 aromatic rings.